The van der Waals surface area contributed by atoms with Gasteiger partial charge in [-0.1, -0.05) is 5.21 Å². The summed E-state index contributed by atoms with van der Waals surface area (Å²) in [5, 5.41) is 10.0. The van der Waals surface area contributed by atoms with E-state index in [9.17, 15) is 9.18 Å². The summed E-state index contributed by atoms with van der Waals surface area (Å²) in [6.07, 6.45) is 3.46. The molecule has 0 spiro atoms. The number of hydrogen-bond donors (Lipinski definition) is 1. The fourth-order valence-corrected chi connectivity index (χ4v) is 1.72. The fourth-order valence-electron chi connectivity index (χ4n) is 1.37. The molecule has 94 valence electrons. The molecule has 0 saturated carbocycles. The topological polar surface area (TPSA) is 59.8 Å². The summed E-state index contributed by atoms with van der Waals surface area (Å²) in [6, 6.07) is 4.12. The van der Waals surface area contributed by atoms with E-state index in [1.54, 1.807) is 23.1 Å². The van der Waals surface area contributed by atoms with Crippen molar-refractivity contribution in [3.8, 4) is 0 Å². The molecule has 1 aromatic carbocycles. The molecule has 18 heavy (non-hydrogen) atoms. The number of rotatable bonds is 4. The molecule has 0 aliphatic carbocycles. The van der Waals surface area contributed by atoms with Crippen LogP contribution in [0.15, 0.2) is 35.1 Å². The molecule has 0 saturated heterocycles. The molecule has 0 bridgehead atoms. The molecule has 1 aromatic heterocycles. The third-order valence-corrected chi connectivity index (χ3v) is 2.93. The number of nitrogens with one attached hydrogen (secondary N) is 1. The largest absolute Gasteiger partial charge is 0.325 e. The number of aromatic nitrogens is 3. The predicted molar refractivity (Wildman–Crippen MR) is 67.4 cm³/mol. The molecule has 1 heterocycles. The lowest BCUT2D eigenvalue weighted by Crippen LogP contribution is -2.15. The van der Waals surface area contributed by atoms with Gasteiger partial charge in [-0.15, -0.1) is 5.10 Å². The molecule has 0 unspecified atom stereocenters. The molecule has 0 fully saturated rings. The Morgan fingerprint density at radius 3 is 3.06 bits per heavy atom. The summed E-state index contributed by atoms with van der Waals surface area (Å²) in [7, 11) is 0. The summed E-state index contributed by atoms with van der Waals surface area (Å²) in [4.78, 5) is 11.7. The third-order valence-electron chi connectivity index (χ3n) is 2.24. The van der Waals surface area contributed by atoms with Crippen molar-refractivity contribution in [2.75, 3.05) is 5.32 Å². The Bertz CT molecular complexity index is 544. The van der Waals surface area contributed by atoms with Crippen molar-refractivity contribution >= 4 is 27.5 Å². The number of carbonyl (C=O) groups is 1. The molecule has 0 atom stereocenters. The molecule has 0 aliphatic heterocycles. The number of carbonyl (C=O) groups excluding carboxylic acids is 1. The monoisotopic (exact) mass is 312 g/mol. The summed E-state index contributed by atoms with van der Waals surface area (Å²) in [6.45, 7) is 0.429. The summed E-state index contributed by atoms with van der Waals surface area (Å²) >= 11 is 3.24. The maximum Gasteiger partial charge on any atom is 0.226 e. The van der Waals surface area contributed by atoms with Gasteiger partial charge < -0.3 is 5.32 Å². The normalized spacial score (nSPS) is 10.3. The second-order valence-corrected chi connectivity index (χ2v) is 4.44. The standard InChI is InChI=1S/C11H10BrFN4O/c12-9-2-1-8(13)7-10(9)15-11(18)3-5-17-6-4-14-16-17/h1-2,4,6-7H,3,5H2,(H,15,18). The van der Waals surface area contributed by atoms with Gasteiger partial charge in [0, 0.05) is 17.1 Å². The smallest absolute Gasteiger partial charge is 0.226 e. The minimum atomic E-state index is -0.398. The van der Waals surface area contributed by atoms with Gasteiger partial charge in [0.15, 0.2) is 0 Å². The van der Waals surface area contributed by atoms with E-state index in [4.69, 9.17) is 0 Å². The lowest BCUT2D eigenvalue weighted by molar-refractivity contribution is -0.116. The van der Waals surface area contributed by atoms with E-state index >= 15 is 0 Å². The van der Waals surface area contributed by atoms with Crippen LogP contribution >= 0.6 is 15.9 Å². The zero-order valence-corrected chi connectivity index (χ0v) is 10.9. The van der Waals surface area contributed by atoms with Gasteiger partial charge in [-0.2, -0.15) is 0 Å². The van der Waals surface area contributed by atoms with Crippen molar-refractivity contribution in [3.05, 3.63) is 40.9 Å². The van der Waals surface area contributed by atoms with Crippen LogP contribution < -0.4 is 5.32 Å². The van der Waals surface area contributed by atoms with Gasteiger partial charge in [0.1, 0.15) is 5.82 Å². The Hall–Kier alpha value is -1.76. The second-order valence-electron chi connectivity index (χ2n) is 3.59. The predicted octanol–water partition coefficient (Wildman–Crippen LogP) is 2.21. The average molecular weight is 313 g/mol. The fraction of sp³-hybridized carbons (Fsp3) is 0.182. The van der Waals surface area contributed by atoms with Gasteiger partial charge in [-0.3, -0.25) is 9.48 Å². The van der Waals surface area contributed by atoms with Crippen LogP contribution in [0.5, 0.6) is 0 Å². The maximum atomic E-state index is 13.0. The number of amides is 1. The van der Waals surface area contributed by atoms with Gasteiger partial charge in [-0.05, 0) is 34.1 Å². The Morgan fingerprint density at radius 1 is 1.50 bits per heavy atom. The number of anilines is 1. The Morgan fingerprint density at radius 2 is 2.33 bits per heavy atom. The van der Waals surface area contributed by atoms with E-state index in [0.29, 0.717) is 16.7 Å². The molecule has 7 heteroatoms. The molecular formula is C11H10BrFN4O. The van der Waals surface area contributed by atoms with E-state index in [1.165, 1.54) is 12.1 Å². The lowest BCUT2D eigenvalue weighted by Gasteiger charge is -2.07. The highest BCUT2D eigenvalue weighted by molar-refractivity contribution is 9.10. The zero-order chi connectivity index (χ0) is 13.0. The second kappa shape index (κ2) is 5.72. The zero-order valence-electron chi connectivity index (χ0n) is 9.31. The van der Waals surface area contributed by atoms with Gasteiger partial charge in [0.2, 0.25) is 5.91 Å². The molecule has 0 radical (unpaired) electrons. The Kier molecular flexibility index (Phi) is 4.03. The number of hydrogen-bond acceptors (Lipinski definition) is 3. The minimum absolute atomic E-state index is 0.211. The van der Waals surface area contributed by atoms with Crippen LogP contribution in [0.25, 0.3) is 0 Å². The van der Waals surface area contributed by atoms with Crippen LogP contribution in [-0.4, -0.2) is 20.9 Å². The first kappa shape index (κ1) is 12.7. The molecule has 5 nitrogen and oxygen atoms in total. The van der Waals surface area contributed by atoms with Gasteiger partial charge in [0.05, 0.1) is 18.4 Å². The molecule has 2 aromatic rings. The van der Waals surface area contributed by atoms with Crippen molar-refractivity contribution in [1.82, 2.24) is 15.0 Å². The van der Waals surface area contributed by atoms with Crippen LogP contribution in [0.4, 0.5) is 10.1 Å². The maximum absolute atomic E-state index is 13.0. The van der Waals surface area contributed by atoms with Crippen molar-refractivity contribution in [2.24, 2.45) is 0 Å². The first-order valence-corrected chi connectivity index (χ1v) is 6.03. The van der Waals surface area contributed by atoms with Crippen LogP contribution in [0.2, 0.25) is 0 Å². The number of halogens is 2. The summed E-state index contributed by atoms with van der Waals surface area (Å²) in [5.74, 6) is -0.610. The minimum Gasteiger partial charge on any atom is -0.325 e. The quantitative estimate of drug-likeness (QED) is 0.941. The molecule has 1 amide bonds. The van der Waals surface area contributed by atoms with Crippen LogP contribution in [0.1, 0.15) is 6.42 Å². The van der Waals surface area contributed by atoms with Crippen LogP contribution in [0, 0.1) is 5.82 Å². The van der Waals surface area contributed by atoms with Crippen molar-refractivity contribution in [1.29, 1.82) is 0 Å². The van der Waals surface area contributed by atoms with Gasteiger partial charge in [-0.25, -0.2) is 4.39 Å². The Labute approximate surface area is 111 Å². The highest BCUT2D eigenvalue weighted by Crippen LogP contribution is 2.23. The SMILES string of the molecule is O=C(CCn1ccnn1)Nc1cc(F)ccc1Br. The van der Waals surface area contributed by atoms with Crippen LogP contribution in [0.3, 0.4) is 0 Å². The first-order valence-electron chi connectivity index (χ1n) is 5.24. The van der Waals surface area contributed by atoms with Crippen molar-refractivity contribution in [3.63, 3.8) is 0 Å². The summed E-state index contributed by atoms with van der Waals surface area (Å²) in [5.41, 5.74) is 0.415. The number of nitrogens with zero attached hydrogens (tertiary/aromatic N) is 3. The van der Waals surface area contributed by atoms with E-state index < -0.39 is 5.82 Å². The van der Waals surface area contributed by atoms with Gasteiger partial charge >= 0.3 is 0 Å². The van der Waals surface area contributed by atoms with Crippen LogP contribution in [-0.2, 0) is 11.3 Å². The van der Waals surface area contributed by atoms with Gasteiger partial charge in [0.25, 0.3) is 0 Å². The van der Waals surface area contributed by atoms with E-state index in [2.05, 4.69) is 31.6 Å². The molecule has 2 rings (SSSR count). The van der Waals surface area contributed by atoms with Crippen molar-refractivity contribution in [2.45, 2.75) is 13.0 Å². The highest BCUT2D eigenvalue weighted by Gasteiger charge is 2.07. The third kappa shape index (κ3) is 3.36. The summed E-state index contributed by atoms with van der Waals surface area (Å²) < 4.78 is 15.2. The average Bonchev–Trinajstić information content (AvgIpc) is 2.84. The van der Waals surface area contributed by atoms with E-state index in [1.807, 2.05) is 0 Å². The number of aryl methyl sites for hydroxylation is 1. The molecule has 0 aliphatic rings. The highest BCUT2D eigenvalue weighted by atomic mass is 79.9. The van der Waals surface area contributed by atoms with E-state index in [0.717, 1.165) is 0 Å². The number of benzene rings is 1. The molecule has 1 N–H and O–H groups in total. The van der Waals surface area contributed by atoms with Crippen molar-refractivity contribution < 1.29 is 9.18 Å². The Balaban J connectivity index is 1.92. The molecular weight excluding hydrogens is 303 g/mol. The van der Waals surface area contributed by atoms with E-state index in [-0.39, 0.29) is 12.3 Å². The lowest BCUT2D eigenvalue weighted by atomic mass is 10.3. The first-order chi connectivity index (χ1) is 8.65.